The zero-order valence-corrected chi connectivity index (χ0v) is 13.0. The highest BCUT2D eigenvalue weighted by molar-refractivity contribution is 5.25. The molecule has 0 radical (unpaired) electrons. The van der Waals surface area contributed by atoms with Gasteiger partial charge in [-0.25, -0.2) is 0 Å². The number of benzene rings is 1. The molecule has 1 heteroatoms. The van der Waals surface area contributed by atoms with Crippen molar-refractivity contribution < 1.29 is 4.74 Å². The van der Waals surface area contributed by atoms with Gasteiger partial charge < -0.3 is 4.74 Å². The molecule has 0 atom stereocenters. The van der Waals surface area contributed by atoms with E-state index in [1.54, 1.807) is 0 Å². The van der Waals surface area contributed by atoms with Crippen LogP contribution in [-0.2, 0) is 11.3 Å². The molecule has 1 aromatic rings. The van der Waals surface area contributed by atoms with Crippen molar-refractivity contribution in [2.24, 2.45) is 5.92 Å². The normalized spacial score (nSPS) is 23.3. The fourth-order valence-electron chi connectivity index (χ4n) is 3.14. The number of ether oxygens (including phenoxy) is 1. The molecule has 1 aliphatic carbocycles. The maximum absolute atomic E-state index is 5.59. The van der Waals surface area contributed by atoms with Crippen LogP contribution in [0.3, 0.4) is 0 Å². The Morgan fingerprint density at radius 2 is 1.80 bits per heavy atom. The third kappa shape index (κ3) is 4.49. The molecule has 0 aromatic heterocycles. The van der Waals surface area contributed by atoms with E-state index in [0.717, 1.165) is 31.5 Å². The predicted molar refractivity (Wildman–Crippen MR) is 85.9 cm³/mol. The summed E-state index contributed by atoms with van der Waals surface area (Å²) < 4.78 is 5.59. The van der Waals surface area contributed by atoms with Crippen LogP contribution in [0.2, 0.25) is 0 Å². The average molecular weight is 272 g/mol. The largest absolute Gasteiger partial charge is 0.377 e. The molecule has 110 valence electrons. The highest BCUT2D eigenvalue weighted by Crippen LogP contribution is 2.36. The van der Waals surface area contributed by atoms with Crippen molar-refractivity contribution in [3.63, 3.8) is 0 Å². The minimum atomic E-state index is 0.752. The van der Waals surface area contributed by atoms with Crippen molar-refractivity contribution in [1.82, 2.24) is 0 Å². The molecular weight excluding hydrogens is 244 g/mol. The first-order valence-corrected chi connectivity index (χ1v) is 8.13. The summed E-state index contributed by atoms with van der Waals surface area (Å²) in [4.78, 5) is 0. The Morgan fingerprint density at radius 3 is 2.40 bits per heavy atom. The monoisotopic (exact) mass is 272 g/mol. The summed E-state index contributed by atoms with van der Waals surface area (Å²) in [5.74, 6) is 1.58. The molecule has 0 bridgehead atoms. The molecule has 1 nitrogen and oxygen atoms in total. The Balaban J connectivity index is 1.84. The Morgan fingerprint density at radius 1 is 1.10 bits per heavy atom. The maximum Gasteiger partial charge on any atom is 0.0716 e. The van der Waals surface area contributed by atoms with Crippen molar-refractivity contribution in [1.29, 1.82) is 0 Å². The van der Waals surface area contributed by atoms with E-state index in [1.165, 1.54) is 36.8 Å². The van der Waals surface area contributed by atoms with E-state index < -0.39 is 0 Å². The summed E-state index contributed by atoms with van der Waals surface area (Å²) in [5, 5.41) is 0. The summed E-state index contributed by atoms with van der Waals surface area (Å²) in [6.45, 7) is 5.89. The van der Waals surface area contributed by atoms with Crippen LogP contribution in [0, 0.1) is 5.92 Å². The van der Waals surface area contributed by atoms with Crippen molar-refractivity contribution in [2.75, 3.05) is 6.61 Å². The van der Waals surface area contributed by atoms with Gasteiger partial charge in [0.2, 0.25) is 0 Å². The van der Waals surface area contributed by atoms with Gasteiger partial charge in [-0.15, -0.1) is 0 Å². The van der Waals surface area contributed by atoms with E-state index in [4.69, 9.17) is 4.74 Å². The molecule has 1 fully saturated rings. The zero-order valence-electron chi connectivity index (χ0n) is 13.0. The van der Waals surface area contributed by atoms with Crippen LogP contribution in [0.4, 0.5) is 0 Å². The Kier molecular flexibility index (Phi) is 6.32. The van der Waals surface area contributed by atoms with Crippen molar-refractivity contribution in [3.8, 4) is 0 Å². The first-order chi connectivity index (χ1) is 9.83. The smallest absolute Gasteiger partial charge is 0.0716 e. The molecule has 1 aliphatic rings. The molecule has 0 saturated heterocycles. The quantitative estimate of drug-likeness (QED) is 0.493. The Hall–Kier alpha value is -1.08. The van der Waals surface area contributed by atoms with Gasteiger partial charge in [-0.2, -0.15) is 0 Å². The molecule has 0 unspecified atom stereocenters. The van der Waals surface area contributed by atoms with Gasteiger partial charge in [0.05, 0.1) is 6.61 Å². The number of rotatable bonds is 6. The summed E-state index contributed by atoms with van der Waals surface area (Å²) >= 11 is 0. The molecule has 0 amide bonds. The van der Waals surface area contributed by atoms with Crippen LogP contribution in [0.15, 0.2) is 36.4 Å². The number of allylic oxidation sites excluding steroid dienone is 2. The summed E-state index contributed by atoms with van der Waals surface area (Å²) in [7, 11) is 0. The van der Waals surface area contributed by atoms with Gasteiger partial charge in [-0.3, -0.25) is 0 Å². The van der Waals surface area contributed by atoms with E-state index in [9.17, 15) is 0 Å². The second-order valence-electron chi connectivity index (χ2n) is 5.93. The fraction of sp³-hybridized carbons (Fsp3) is 0.579. The van der Waals surface area contributed by atoms with Crippen LogP contribution in [-0.4, -0.2) is 6.61 Å². The van der Waals surface area contributed by atoms with Gasteiger partial charge in [0.15, 0.2) is 0 Å². The topological polar surface area (TPSA) is 9.23 Å². The standard InChI is InChI=1S/C19H28O/c1-3-5-16-6-10-18(11-7-16)19-12-8-17(9-13-19)15-20-14-4-2/h3,5,8-9,12-13,16,18H,4,6-7,10-11,14-15H2,1-2H3/b5-3+. The first-order valence-electron chi connectivity index (χ1n) is 8.13. The molecule has 20 heavy (non-hydrogen) atoms. The molecule has 0 N–H and O–H groups in total. The van der Waals surface area contributed by atoms with Gasteiger partial charge in [0.1, 0.15) is 0 Å². The number of hydrogen-bond acceptors (Lipinski definition) is 1. The van der Waals surface area contributed by atoms with Crippen molar-refractivity contribution in [2.45, 2.75) is 58.5 Å². The van der Waals surface area contributed by atoms with Crippen molar-refractivity contribution >= 4 is 0 Å². The van der Waals surface area contributed by atoms with Gasteiger partial charge in [0.25, 0.3) is 0 Å². The van der Waals surface area contributed by atoms with E-state index in [0.29, 0.717) is 0 Å². The summed E-state index contributed by atoms with van der Waals surface area (Å²) in [5.41, 5.74) is 2.81. The minimum Gasteiger partial charge on any atom is -0.377 e. The first kappa shape index (κ1) is 15.3. The van der Waals surface area contributed by atoms with Gasteiger partial charge in [-0.1, -0.05) is 43.3 Å². The maximum atomic E-state index is 5.59. The van der Waals surface area contributed by atoms with Gasteiger partial charge >= 0.3 is 0 Å². The summed E-state index contributed by atoms with van der Waals surface area (Å²) in [6, 6.07) is 9.10. The van der Waals surface area contributed by atoms with Gasteiger partial charge in [0, 0.05) is 6.61 Å². The zero-order chi connectivity index (χ0) is 14.2. The van der Waals surface area contributed by atoms with Crippen LogP contribution in [0.25, 0.3) is 0 Å². The lowest BCUT2D eigenvalue weighted by molar-refractivity contribution is 0.121. The molecule has 0 heterocycles. The van der Waals surface area contributed by atoms with Crippen LogP contribution in [0.1, 0.15) is 63.0 Å². The highest BCUT2D eigenvalue weighted by atomic mass is 16.5. The lowest BCUT2D eigenvalue weighted by atomic mass is 9.78. The van der Waals surface area contributed by atoms with Crippen LogP contribution < -0.4 is 0 Å². The van der Waals surface area contributed by atoms with Crippen LogP contribution in [0.5, 0.6) is 0 Å². The lowest BCUT2D eigenvalue weighted by Gasteiger charge is -2.27. The Bertz CT molecular complexity index is 396. The van der Waals surface area contributed by atoms with E-state index in [1.807, 2.05) is 0 Å². The van der Waals surface area contributed by atoms with Crippen LogP contribution >= 0.6 is 0 Å². The second kappa shape index (κ2) is 8.26. The second-order valence-corrected chi connectivity index (χ2v) is 5.93. The molecular formula is C19H28O. The van der Waals surface area contributed by atoms with E-state index in [-0.39, 0.29) is 0 Å². The van der Waals surface area contributed by atoms with Gasteiger partial charge in [-0.05, 0) is 62.0 Å². The lowest BCUT2D eigenvalue weighted by Crippen LogP contribution is -2.11. The van der Waals surface area contributed by atoms with Crippen molar-refractivity contribution in [3.05, 3.63) is 47.5 Å². The molecule has 0 aliphatic heterocycles. The van der Waals surface area contributed by atoms with E-state index in [2.05, 4.69) is 50.3 Å². The molecule has 0 spiro atoms. The third-order valence-electron chi connectivity index (χ3n) is 4.30. The SMILES string of the molecule is C/C=C/C1CCC(c2ccc(COCCC)cc2)CC1. The average Bonchev–Trinajstić information content (AvgIpc) is 2.49. The molecule has 1 saturated carbocycles. The molecule has 2 rings (SSSR count). The fourth-order valence-corrected chi connectivity index (χ4v) is 3.14. The van der Waals surface area contributed by atoms with E-state index >= 15 is 0 Å². The predicted octanol–water partition coefficient (Wildman–Crippen LogP) is 5.46. The highest BCUT2D eigenvalue weighted by Gasteiger charge is 2.20. The molecule has 1 aromatic carbocycles. The summed E-state index contributed by atoms with van der Waals surface area (Å²) in [6.07, 6.45) is 11.0. The Labute approximate surface area is 124 Å². The third-order valence-corrected chi connectivity index (χ3v) is 4.30. The minimum absolute atomic E-state index is 0.752. The number of hydrogen-bond donors (Lipinski definition) is 0.